The maximum atomic E-state index is 6.31. The Morgan fingerprint density at radius 3 is 1.00 bits per heavy atom. The summed E-state index contributed by atoms with van der Waals surface area (Å²) in [6.45, 7) is 9.17. The van der Waals surface area contributed by atoms with Crippen molar-refractivity contribution in [2.75, 3.05) is 17.2 Å². The third-order valence-corrected chi connectivity index (χ3v) is 7.93. The molecule has 6 nitrogen and oxygen atoms in total. The predicted molar refractivity (Wildman–Crippen MR) is 156 cm³/mol. The summed E-state index contributed by atoms with van der Waals surface area (Å²) in [6, 6.07) is 19.0. The lowest BCUT2D eigenvalue weighted by Crippen LogP contribution is -1.98. The van der Waals surface area contributed by atoms with Crippen molar-refractivity contribution in [2.24, 2.45) is 0 Å². The van der Waals surface area contributed by atoms with Gasteiger partial charge in [-0.25, -0.2) is 0 Å². The lowest BCUT2D eigenvalue weighted by Gasteiger charge is -2.10. The van der Waals surface area contributed by atoms with Gasteiger partial charge in [-0.15, -0.1) is 0 Å². The van der Waals surface area contributed by atoms with E-state index < -0.39 is 0 Å². The molecule has 0 saturated heterocycles. The lowest BCUT2D eigenvalue weighted by molar-refractivity contribution is 0.821. The fourth-order valence-electron chi connectivity index (χ4n) is 6.58. The number of aromatic nitrogens is 3. The molecule has 4 aromatic carbocycles. The number of anilines is 3. The van der Waals surface area contributed by atoms with Crippen LogP contribution in [-0.2, 0) is 19.6 Å². The van der Waals surface area contributed by atoms with Crippen molar-refractivity contribution < 1.29 is 0 Å². The van der Waals surface area contributed by atoms with Crippen molar-refractivity contribution in [3.63, 3.8) is 0 Å². The van der Waals surface area contributed by atoms with E-state index in [0.29, 0.717) is 0 Å². The molecule has 0 saturated carbocycles. The molecule has 6 heteroatoms. The van der Waals surface area contributed by atoms with Crippen LogP contribution in [0.5, 0.6) is 0 Å². The molecular formula is C30H30N6. The van der Waals surface area contributed by atoms with Crippen LogP contribution in [0.4, 0.5) is 17.1 Å². The van der Waals surface area contributed by atoms with Gasteiger partial charge >= 0.3 is 0 Å². The molecule has 0 aliphatic rings. The van der Waals surface area contributed by atoms with Crippen LogP contribution in [0.15, 0.2) is 54.6 Å². The van der Waals surface area contributed by atoms with Gasteiger partial charge in [-0.05, 0) is 57.2 Å². The second-order valence-electron chi connectivity index (χ2n) is 9.73. The van der Waals surface area contributed by atoms with Crippen molar-refractivity contribution >= 4 is 82.5 Å². The summed E-state index contributed by atoms with van der Waals surface area (Å²) >= 11 is 0. The summed E-state index contributed by atoms with van der Waals surface area (Å²) in [4.78, 5) is 0. The summed E-state index contributed by atoms with van der Waals surface area (Å²) in [5.74, 6) is 0. The van der Waals surface area contributed by atoms with E-state index in [1.54, 1.807) is 0 Å². The smallest absolute Gasteiger partial charge is 0.0614 e. The van der Waals surface area contributed by atoms with Gasteiger partial charge < -0.3 is 30.9 Å². The van der Waals surface area contributed by atoms with Crippen LogP contribution in [0.1, 0.15) is 20.8 Å². The van der Waals surface area contributed by atoms with Crippen molar-refractivity contribution in [1.29, 1.82) is 0 Å². The minimum atomic E-state index is 0.778. The Morgan fingerprint density at radius 2 is 0.750 bits per heavy atom. The quantitative estimate of drug-likeness (QED) is 0.245. The van der Waals surface area contributed by atoms with Gasteiger partial charge in [-0.2, -0.15) is 0 Å². The summed E-state index contributed by atoms with van der Waals surface area (Å²) < 4.78 is 7.31. The van der Waals surface area contributed by atoms with E-state index in [9.17, 15) is 0 Å². The maximum absolute atomic E-state index is 6.31. The predicted octanol–water partition coefficient (Wildman–Crippen LogP) is 6.82. The Balaban J connectivity index is 1.97. The highest BCUT2D eigenvalue weighted by Gasteiger charge is 2.26. The third-order valence-electron chi connectivity index (χ3n) is 7.93. The Kier molecular flexibility index (Phi) is 4.14. The van der Waals surface area contributed by atoms with Crippen LogP contribution in [0.2, 0.25) is 0 Å². The highest BCUT2D eigenvalue weighted by Crippen LogP contribution is 2.48. The number of nitrogen functional groups attached to an aromatic ring is 3. The largest absolute Gasteiger partial charge is 0.399 e. The average molecular weight is 475 g/mol. The normalized spacial score (nSPS) is 12.4. The van der Waals surface area contributed by atoms with Gasteiger partial charge in [0.25, 0.3) is 0 Å². The number of benzene rings is 4. The molecule has 0 spiro atoms. The highest BCUT2D eigenvalue weighted by molar-refractivity contribution is 6.39. The molecule has 0 bridgehead atoms. The van der Waals surface area contributed by atoms with Crippen LogP contribution in [0.25, 0.3) is 65.4 Å². The second-order valence-corrected chi connectivity index (χ2v) is 9.73. The van der Waals surface area contributed by atoms with Crippen LogP contribution >= 0.6 is 0 Å². The van der Waals surface area contributed by atoms with Gasteiger partial charge in [-0.3, -0.25) is 0 Å². The molecule has 36 heavy (non-hydrogen) atoms. The summed E-state index contributed by atoms with van der Waals surface area (Å²) in [7, 11) is 0. The van der Waals surface area contributed by atoms with Gasteiger partial charge in [0.1, 0.15) is 0 Å². The second kappa shape index (κ2) is 7.10. The van der Waals surface area contributed by atoms with Crippen molar-refractivity contribution in [1.82, 2.24) is 13.7 Å². The zero-order valence-electron chi connectivity index (χ0n) is 20.9. The fourth-order valence-corrected chi connectivity index (χ4v) is 6.58. The molecule has 6 N–H and O–H groups in total. The number of nitrogens with zero attached hydrogens (tertiary/aromatic N) is 3. The van der Waals surface area contributed by atoms with Crippen molar-refractivity contribution in [3.05, 3.63) is 54.6 Å². The topological polar surface area (TPSA) is 92.8 Å². The molecule has 0 unspecified atom stereocenters. The van der Waals surface area contributed by atoms with Crippen LogP contribution in [0, 0.1) is 0 Å². The number of hydrogen-bond acceptors (Lipinski definition) is 3. The van der Waals surface area contributed by atoms with E-state index in [4.69, 9.17) is 17.2 Å². The summed E-state index contributed by atoms with van der Waals surface area (Å²) in [6.07, 6.45) is 0. The first-order valence-electron chi connectivity index (χ1n) is 12.7. The van der Waals surface area contributed by atoms with E-state index in [1.165, 1.54) is 65.4 Å². The Morgan fingerprint density at radius 1 is 0.472 bits per heavy atom. The zero-order valence-corrected chi connectivity index (χ0v) is 20.9. The molecule has 0 radical (unpaired) electrons. The summed E-state index contributed by atoms with van der Waals surface area (Å²) in [5, 5.41) is 7.51. The molecule has 180 valence electrons. The third kappa shape index (κ3) is 2.41. The van der Waals surface area contributed by atoms with E-state index in [1.807, 2.05) is 18.2 Å². The zero-order chi connectivity index (χ0) is 24.9. The van der Waals surface area contributed by atoms with E-state index in [-0.39, 0.29) is 0 Å². The van der Waals surface area contributed by atoms with Gasteiger partial charge in [0.2, 0.25) is 0 Å². The minimum absolute atomic E-state index is 0.778. The van der Waals surface area contributed by atoms with Gasteiger partial charge in [0, 0.05) is 69.0 Å². The molecule has 0 fully saturated rings. The summed E-state index contributed by atoms with van der Waals surface area (Å²) in [5.41, 5.74) is 28.5. The Hall–Kier alpha value is -4.32. The first-order chi connectivity index (χ1) is 17.5. The van der Waals surface area contributed by atoms with E-state index in [2.05, 4.69) is 70.9 Å². The number of hydrogen-bond donors (Lipinski definition) is 3. The molecule has 0 aliphatic heterocycles. The van der Waals surface area contributed by atoms with Gasteiger partial charge in [-0.1, -0.05) is 18.2 Å². The standard InChI is InChI=1S/C30H30N6/c1-4-34-22-13-16(31)7-10-19(22)25-28(34)26-20-11-8-17(32)14-23(20)35(5-2)30(26)27-21-12-9-18(33)15-24(21)36(6-3)29(25)27/h7-15H,4-6,31-33H2,1-3H3. The fraction of sp³-hybridized carbons (Fsp3) is 0.200. The molecule has 7 aromatic rings. The highest BCUT2D eigenvalue weighted by atomic mass is 15.0. The Labute approximate surface area is 208 Å². The molecule has 3 aromatic heterocycles. The first kappa shape index (κ1) is 21.0. The molecule has 7 rings (SSSR count). The van der Waals surface area contributed by atoms with Crippen LogP contribution < -0.4 is 17.2 Å². The first-order valence-corrected chi connectivity index (χ1v) is 12.7. The van der Waals surface area contributed by atoms with Crippen LogP contribution in [-0.4, -0.2) is 13.7 Å². The SMILES string of the molecule is CCn1c2cc(N)ccc2c2c1c1c3ccc(N)cc3n(CC)c1c1c3ccc(N)cc3n(CC)c21. The monoisotopic (exact) mass is 474 g/mol. The van der Waals surface area contributed by atoms with Crippen LogP contribution in [0.3, 0.4) is 0 Å². The molecule has 0 atom stereocenters. The molecule has 0 amide bonds. The molecular weight excluding hydrogens is 444 g/mol. The maximum Gasteiger partial charge on any atom is 0.0614 e. The molecule has 0 aliphatic carbocycles. The number of fused-ring (bicyclic) bond motifs is 12. The number of rotatable bonds is 3. The van der Waals surface area contributed by atoms with E-state index in [0.717, 1.165) is 36.7 Å². The van der Waals surface area contributed by atoms with Crippen molar-refractivity contribution in [3.8, 4) is 0 Å². The minimum Gasteiger partial charge on any atom is -0.399 e. The number of nitrogens with two attached hydrogens (primary N) is 3. The lowest BCUT2D eigenvalue weighted by atomic mass is 10.0. The van der Waals surface area contributed by atoms with E-state index >= 15 is 0 Å². The van der Waals surface area contributed by atoms with Crippen molar-refractivity contribution in [2.45, 2.75) is 40.4 Å². The Bertz CT molecular complexity index is 1770. The van der Waals surface area contributed by atoms with Gasteiger partial charge in [0.15, 0.2) is 0 Å². The molecule has 3 heterocycles. The number of aryl methyl sites for hydroxylation is 3. The average Bonchev–Trinajstić information content (AvgIpc) is 3.47. The van der Waals surface area contributed by atoms with Gasteiger partial charge in [0.05, 0.1) is 33.1 Å².